The molecule has 0 bridgehead atoms. The molecule has 0 saturated carbocycles. The van der Waals surface area contributed by atoms with Crippen LogP contribution in [0.3, 0.4) is 0 Å². The Morgan fingerprint density at radius 1 is 1.38 bits per heavy atom. The first-order chi connectivity index (χ1) is 17.7. The first-order valence-corrected chi connectivity index (χ1v) is 12.6. The fraction of sp³-hybridized carbons (Fsp3) is 0.286. The lowest BCUT2D eigenvalue weighted by Crippen LogP contribution is -2.71. The number of nitrogens with one attached hydrogen (secondary N) is 2. The van der Waals surface area contributed by atoms with Gasteiger partial charge in [0.15, 0.2) is 29.8 Å². The second-order valence-electron chi connectivity index (χ2n) is 7.88. The van der Waals surface area contributed by atoms with Crippen molar-refractivity contribution >= 4 is 57.6 Å². The number of carboxylic acids is 1. The minimum absolute atomic E-state index is 0.0239. The van der Waals surface area contributed by atoms with Crippen LogP contribution in [0.25, 0.3) is 0 Å². The fourth-order valence-corrected chi connectivity index (χ4v) is 5.73. The molecule has 0 radical (unpaired) electrons. The summed E-state index contributed by atoms with van der Waals surface area (Å²) in [5.41, 5.74) is 8.04. The van der Waals surface area contributed by atoms with E-state index in [9.17, 15) is 24.3 Å². The number of carbonyl (C=O) groups is 4. The van der Waals surface area contributed by atoms with Gasteiger partial charge in [-0.3, -0.25) is 24.5 Å². The van der Waals surface area contributed by atoms with Gasteiger partial charge in [0.2, 0.25) is 5.91 Å². The summed E-state index contributed by atoms with van der Waals surface area (Å²) in [4.78, 5) is 59.0. The van der Waals surface area contributed by atoms with E-state index in [1.165, 1.54) is 24.3 Å². The van der Waals surface area contributed by atoms with Gasteiger partial charge in [0.05, 0.1) is 18.1 Å². The van der Waals surface area contributed by atoms with E-state index in [1.807, 2.05) is 0 Å². The Balaban J connectivity index is 1.49. The maximum Gasteiger partial charge on any atom is 0.276 e. The molecule has 2 aromatic heterocycles. The van der Waals surface area contributed by atoms with E-state index in [0.29, 0.717) is 11.1 Å². The zero-order chi connectivity index (χ0) is 26.7. The number of thiazole rings is 1. The molecule has 5 N–H and O–H groups in total. The molecule has 194 valence electrons. The number of nitrogens with zero attached hydrogens (tertiary/aromatic N) is 4. The van der Waals surface area contributed by atoms with Crippen molar-refractivity contribution in [2.24, 2.45) is 5.16 Å². The number of hydroxylamine groups is 1. The van der Waals surface area contributed by atoms with Crippen molar-refractivity contribution in [1.29, 1.82) is 0 Å². The Labute approximate surface area is 217 Å². The lowest BCUT2D eigenvalue weighted by atomic mass is 10.0. The van der Waals surface area contributed by atoms with Crippen molar-refractivity contribution in [3.8, 4) is 0 Å². The summed E-state index contributed by atoms with van der Waals surface area (Å²) in [5.74, 6) is -3.13. The van der Waals surface area contributed by atoms with Crippen LogP contribution in [-0.4, -0.2) is 68.8 Å². The van der Waals surface area contributed by atoms with Crippen LogP contribution in [0.5, 0.6) is 0 Å². The molecule has 3 amide bonds. The van der Waals surface area contributed by atoms with E-state index >= 15 is 0 Å². The Hall–Kier alpha value is -4.02. The maximum absolute atomic E-state index is 12.9. The van der Waals surface area contributed by atoms with Gasteiger partial charge in [-0.25, -0.2) is 15.0 Å². The molecule has 0 unspecified atom stereocenters. The number of anilines is 1. The maximum atomic E-state index is 12.9. The molecule has 0 aromatic carbocycles. The molecule has 2 aromatic rings. The van der Waals surface area contributed by atoms with Gasteiger partial charge in [0, 0.05) is 28.8 Å². The number of amides is 3. The quantitative estimate of drug-likeness (QED) is 0.0855. The first kappa shape index (κ1) is 26.1. The molecular formula is C21H21N7O7S2. The Morgan fingerprint density at radius 3 is 2.70 bits per heavy atom. The van der Waals surface area contributed by atoms with Crippen LogP contribution in [0.4, 0.5) is 5.13 Å². The van der Waals surface area contributed by atoms with Crippen molar-refractivity contribution in [3.63, 3.8) is 0 Å². The van der Waals surface area contributed by atoms with Gasteiger partial charge in [-0.1, -0.05) is 5.16 Å². The number of β-lactam (4-membered cyclic amide) rings is 1. The lowest BCUT2D eigenvalue weighted by molar-refractivity contribution is -0.689. The van der Waals surface area contributed by atoms with Crippen LogP contribution in [-0.2, 0) is 37.0 Å². The molecule has 0 aliphatic carbocycles. The number of hydrogen-bond donors (Lipinski definition) is 4. The van der Waals surface area contributed by atoms with Crippen LogP contribution >= 0.6 is 23.1 Å². The number of fused-ring (bicyclic) bond motifs is 1. The molecule has 1 saturated heterocycles. The van der Waals surface area contributed by atoms with E-state index in [-0.39, 0.29) is 41.0 Å². The summed E-state index contributed by atoms with van der Waals surface area (Å²) in [7, 11) is 1.26. The first-order valence-electron chi connectivity index (χ1n) is 10.7. The number of thioether (sulfide) groups is 1. The number of aliphatic carboxylic acids is 1. The minimum Gasteiger partial charge on any atom is -0.543 e. The van der Waals surface area contributed by atoms with Crippen LogP contribution < -0.4 is 26.2 Å². The molecule has 16 heteroatoms. The molecular weight excluding hydrogens is 526 g/mol. The van der Waals surface area contributed by atoms with Crippen molar-refractivity contribution < 1.29 is 38.9 Å². The van der Waals surface area contributed by atoms with Crippen molar-refractivity contribution in [3.05, 3.63) is 52.4 Å². The molecule has 4 rings (SSSR count). The average Bonchev–Trinajstić information content (AvgIpc) is 3.31. The summed E-state index contributed by atoms with van der Waals surface area (Å²) in [6, 6.07) is 2.32. The monoisotopic (exact) mass is 547 g/mol. The molecule has 2 aliphatic rings. The fourth-order valence-electron chi connectivity index (χ4n) is 3.85. The SMILES string of the molecule is CO/N=C(\C(=O)N[C@@H]1C(=O)N2C(C(=O)[O-])=C(C[n+]3ccc(CC(=O)NO)cc3)CS[C@H]12)c1csc(N)n1. The van der Waals surface area contributed by atoms with Crippen LogP contribution in [0, 0.1) is 0 Å². The smallest absolute Gasteiger partial charge is 0.276 e. The molecule has 2 atom stereocenters. The summed E-state index contributed by atoms with van der Waals surface area (Å²) >= 11 is 2.40. The summed E-state index contributed by atoms with van der Waals surface area (Å²) in [5, 5.41) is 28.0. The normalized spacial score (nSPS) is 19.1. The van der Waals surface area contributed by atoms with E-state index in [0.717, 1.165) is 16.2 Å². The van der Waals surface area contributed by atoms with E-state index in [2.05, 4.69) is 15.5 Å². The van der Waals surface area contributed by atoms with Gasteiger partial charge in [0.1, 0.15) is 24.2 Å². The van der Waals surface area contributed by atoms with Gasteiger partial charge in [0.25, 0.3) is 11.8 Å². The second kappa shape index (κ2) is 10.9. The number of nitrogens with two attached hydrogens (primary N) is 1. The number of carbonyl (C=O) groups excluding carboxylic acids is 4. The van der Waals surface area contributed by atoms with Gasteiger partial charge < -0.3 is 25.8 Å². The highest BCUT2D eigenvalue weighted by Crippen LogP contribution is 2.40. The standard InChI is InChI=1S/C21H21N7O7S2/c1-35-26-14(12-9-37-21(22)23-12)17(30)24-15-18(31)28-16(20(32)33)11(8-36-19(15)28)7-27-4-2-10(3-5-27)6-13(29)25-34/h2-5,9,15,19H,6-8H2,1H3,(H5-,22,23,24,25,26,29,30,32,33,34)/t15-,19-/m1/s1. The summed E-state index contributed by atoms with van der Waals surface area (Å²) in [6.45, 7) is 0.159. The number of aromatic nitrogens is 2. The van der Waals surface area contributed by atoms with Gasteiger partial charge in [-0.15, -0.1) is 23.1 Å². The van der Waals surface area contributed by atoms with E-state index < -0.39 is 35.1 Å². The van der Waals surface area contributed by atoms with Crippen molar-refractivity contribution in [2.75, 3.05) is 18.6 Å². The number of carboxylic acid groups (broad SMARTS) is 1. The molecule has 1 fully saturated rings. The van der Waals surface area contributed by atoms with Crippen LogP contribution in [0.2, 0.25) is 0 Å². The third-order valence-electron chi connectivity index (χ3n) is 5.51. The molecule has 4 heterocycles. The Bertz CT molecular complexity index is 1310. The Morgan fingerprint density at radius 2 is 2.11 bits per heavy atom. The highest BCUT2D eigenvalue weighted by atomic mass is 32.2. The Kier molecular flexibility index (Phi) is 7.70. The summed E-state index contributed by atoms with van der Waals surface area (Å²) < 4.78 is 1.69. The van der Waals surface area contributed by atoms with Gasteiger partial charge in [-0.2, -0.15) is 0 Å². The zero-order valence-electron chi connectivity index (χ0n) is 19.2. The predicted octanol–water partition coefficient (Wildman–Crippen LogP) is -2.48. The lowest BCUT2D eigenvalue weighted by Gasteiger charge is -2.50. The topological polar surface area (TPSA) is 203 Å². The number of nitrogen functional groups attached to an aromatic ring is 1. The highest BCUT2D eigenvalue weighted by molar-refractivity contribution is 8.00. The third-order valence-corrected chi connectivity index (χ3v) is 7.53. The zero-order valence-corrected chi connectivity index (χ0v) is 20.9. The van der Waals surface area contributed by atoms with Gasteiger partial charge in [-0.05, 0) is 5.56 Å². The van der Waals surface area contributed by atoms with Crippen molar-refractivity contribution in [2.45, 2.75) is 24.4 Å². The second-order valence-corrected chi connectivity index (χ2v) is 9.88. The number of oxime groups is 1. The average molecular weight is 548 g/mol. The molecule has 37 heavy (non-hydrogen) atoms. The predicted molar refractivity (Wildman–Crippen MR) is 127 cm³/mol. The van der Waals surface area contributed by atoms with Crippen LogP contribution in [0.1, 0.15) is 11.3 Å². The molecule has 14 nitrogen and oxygen atoms in total. The molecule has 0 spiro atoms. The van der Waals surface area contributed by atoms with Gasteiger partial charge >= 0.3 is 0 Å². The number of rotatable bonds is 9. The van der Waals surface area contributed by atoms with Crippen LogP contribution in [0.15, 0.2) is 46.3 Å². The number of hydrogen-bond acceptors (Lipinski definition) is 12. The third kappa shape index (κ3) is 5.40. The molecule has 2 aliphatic heterocycles. The minimum atomic E-state index is -1.50. The number of pyridine rings is 1. The summed E-state index contributed by atoms with van der Waals surface area (Å²) in [6.07, 6.45) is 3.28. The van der Waals surface area contributed by atoms with E-state index in [4.69, 9.17) is 15.8 Å². The highest BCUT2D eigenvalue weighted by Gasteiger charge is 2.53. The largest absolute Gasteiger partial charge is 0.543 e. The van der Waals surface area contributed by atoms with Crippen molar-refractivity contribution in [1.82, 2.24) is 20.7 Å². The van der Waals surface area contributed by atoms with E-state index in [1.54, 1.807) is 34.6 Å².